The summed E-state index contributed by atoms with van der Waals surface area (Å²) in [5.41, 5.74) is 4.95. The van der Waals surface area contributed by atoms with Crippen molar-refractivity contribution < 1.29 is 18.0 Å². The number of carbonyl (C=O) groups excluding carboxylic acids is 1. The van der Waals surface area contributed by atoms with Gasteiger partial charge in [0.15, 0.2) is 5.69 Å². The lowest BCUT2D eigenvalue weighted by Crippen LogP contribution is -2.31. The maximum absolute atomic E-state index is 12.8. The summed E-state index contributed by atoms with van der Waals surface area (Å²) < 4.78 is 39.9. The number of imidazole rings is 1. The standard InChI is InChI=1S/C16H19F3N4OS/c1-22(7-12-4-11(9-25-12)15(20)24)5-10-2-3-14-21-13(16(17,18)19)8-23(14)6-10/h4,8-10H,2-3,5-7H2,1H3,(H2,20,24)/t10-/m0/s1. The number of aromatic nitrogens is 2. The number of carbonyl (C=O) groups is 1. The summed E-state index contributed by atoms with van der Waals surface area (Å²) in [5, 5.41) is 1.74. The van der Waals surface area contributed by atoms with E-state index in [2.05, 4.69) is 9.88 Å². The highest BCUT2D eigenvalue weighted by atomic mass is 32.1. The molecule has 0 unspecified atom stereocenters. The second kappa shape index (κ2) is 6.80. The normalized spacial score (nSPS) is 17.7. The molecule has 25 heavy (non-hydrogen) atoms. The van der Waals surface area contributed by atoms with Crippen LogP contribution in [0.15, 0.2) is 17.6 Å². The van der Waals surface area contributed by atoms with E-state index in [9.17, 15) is 18.0 Å². The number of amides is 1. The largest absolute Gasteiger partial charge is 0.434 e. The van der Waals surface area contributed by atoms with Gasteiger partial charge in [0.25, 0.3) is 0 Å². The molecule has 5 nitrogen and oxygen atoms in total. The molecule has 0 aromatic carbocycles. The number of rotatable bonds is 5. The molecular formula is C16H19F3N4OS. The van der Waals surface area contributed by atoms with Crippen LogP contribution < -0.4 is 5.73 Å². The van der Waals surface area contributed by atoms with Crippen molar-refractivity contribution in [2.75, 3.05) is 13.6 Å². The molecule has 0 spiro atoms. The smallest absolute Gasteiger partial charge is 0.366 e. The second-order valence-corrected chi connectivity index (χ2v) is 7.46. The van der Waals surface area contributed by atoms with Crippen molar-refractivity contribution in [3.05, 3.63) is 39.6 Å². The quantitative estimate of drug-likeness (QED) is 0.878. The van der Waals surface area contributed by atoms with Gasteiger partial charge >= 0.3 is 6.18 Å². The molecule has 2 aromatic heterocycles. The molecule has 0 saturated carbocycles. The van der Waals surface area contributed by atoms with Gasteiger partial charge in [0.05, 0.1) is 5.56 Å². The highest BCUT2D eigenvalue weighted by molar-refractivity contribution is 7.10. The van der Waals surface area contributed by atoms with Crippen molar-refractivity contribution in [2.45, 2.75) is 32.1 Å². The minimum absolute atomic E-state index is 0.267. The Balaban J connectivity index is 1.58. The maximum atomic E-state index is 12.8. The Bertz CT molecular complexity index is 768. The Labute approximate surface area is 147 Å². The van der Waals surface area contributed by atoms with Crippen LogP contribution in [-0.2, 0) is 25.7 Å². The third-order valence-corrected chi connectivity index (χ3v) is 5.24. The van der Waals surface area contributed by atoms with Crippen LogP contribution in [0.25, 0.3) is 0 Å². The number of primary amides is 1. The fourth-order valence-corrected chi connectivity index (χ4v) is 4.12. The number of nitrogens with zero attached hydrogens (tertiary/aromatic N) is 3. The molecule has 9 heteroatoms. The Morgan fingerprint density at radius 1 is 1.52 bits per heavy atom. The second-order valence-electron chi connectivity index (χ2n) is 6.46. The van der Waals surface area contributed by atoms with Gasteiger partial charge < -0.3 is 15.2 Å². The Morgan fingerprint density at radius 2 is 2.28 bits per heavy atom. The van der Waals surface area contributed by atoms with E-state index in [1.165, 1.54) is 11.3 Å². The minimum atomic E-state index is -4.39. The highest BCUT2D eigenvalue weighted by Gasteiger charge is 2.35. The summed E-state index contributed by atoms with van der Waals surface area (Å²) in [6, 6.07) is 1.79. The number of halogens is 3. The van der Waals surface area contributed by atoms with Crippen molar-refractivity contribution in [2.24, 2.45) is 11.7 Å². The lowest BCUT2D eigenvalue weighted by Gasteiger charge is -2.27. The number of hydrogen-bond donors (Lipinski definition) is 1. The first-order valence-electron chi connectivity index (χ1n) is 7.91. The van der Waals surface area contributed by atoms with Crippen molar-refractivity contribution in [3.8, 4) is 0 Å². The van der Waals surface area contributed by atoms with Crippen LogP contribution in [0.1, 0.15) is 33.2 Å². The fraction of sp³-hybridized carbons (Fsp3) is 0.500. The van der Waals surface area contributed by atoms with E-state index in [0.717, 1.165) is 24.0 Å². The Kier molecular flexibility index (Phi) is 4.88. The van der Waals surface area contributed by atoms with Gasteiger partial charge in [-0.2, -0.15) is 13.2 Å². The fourth-order valence-electron chi connectivity index (χ4n) is 3.16. The van der Waals surface area contributed by atoms with Crippen LogP contribution in [0.3, 0.4) is 0 Å². The van der Waals surface area contributed by atoms with Crippen LogP contribution in [0, 0.1) is 5.92 Å². The summed E-state index contributed by atoms with van der Waals surface area (Å²) >= 11 is 1.48. The van der Waals surface area contributed by atoms with E-state index in [4.69, 9.17) is 5.73 Å². The molecule has 0 fully saturated rings. The van der Waals surface area contributed by atoms with Crippen molar-refractivity contribution in [3.63, 3.8) is 0 Å². The van der Waals surface area contributed by atoms with Gasteiger partial charge in [0.2, 0.25) is 5.91 Å². The van der Waals surface area contributed by atoms with E-state index in [1.807, 2.05) is 7.05 Å². The average molecular weight is 372 g/mol. The molecule has 2 N–H and O–H groups in total. The first-order chi connectivity index (χ1) is 11.7. The summed E-state index contributed by atoms with van der Waals surface area (Å²) in [7, 11) is 1.97. The van der Waals surface area contributed by atoms with Crippen LogP contribution in [0.5, 0.6) is 0 Å². The topological polar surface area (TPSA) is 64.2 Å². The monoisotopic (exact) mass is 372 g/mol. The van der Waals surface area contributed by atoms with Gasteiger partial charge in [-0.25, -0.2) is 4.98 Å². The number of nitrogens with two attached hydrogens (primary N) is 1. The van der Waals surface area contributed by atoms with Crippen molar-refractivity contribution in [1.29, 1.82) is 0 Å². The van der Waals surface area contributed by atoms with Gasteiger partial charge in [0.1, 0.15) is 5.82 Å². The Hall–Kier alpha value is -1.87. The molecule has 1 amide bonds. The number of thiophene rings is 1. The third kappa shape index (κ3) is 4.21. The number of alkyl halides is 3. The van der Waals surface area contributed by atoms with Gasteiger partial charge in [-0.1, -0.05) is 0 Å². The Morgan fingerprint density at radius 3 is 2.92 bits per heavy atom. The molecule has 136 valence electrons. The number of aryl methyl sites for hydroxylation is 1. The van der Waals surface area contributed by atoms with Crippen LogP contribution >= 0.6 is 11.3 Å². The number of fused-ring (bicyclic) bond motifs is 1. The molecule has 2 aromatic rings. The summed E-state index contributed by atoms with van der Waals surface area (Å²) in [6.45, 7) is 1.99. The molecule has 3 heterocycles. The molecule has 0 radical (unpaired) electrons. The van der Waals surface area contributed by atoms with Gasteiger partial charge in [-0.15, -0.1) is 11.3 Å². The number of hydrogen-bond acceptors (Lipinski definition) is 4. The van der Waals surface area contributed by atoms with E-state index >= 15 is 0 Å². The van der Waals surface area contributed by atoms with Crippen LogP contribution in [-0.4, -0.2) is 34.0 Å². The summed E-state index contributed by atoms with van der Waals surface area (Å²) in [5.74, 6) is 0.337. The molecular weight excluding hydrogens is 353 g/mol. The van der Waals surface area contributed by atoms with Gasteiger partial charge in [-0.3, -0.25) is 4.79 Å². The van der Waals surface area contributed by atoms with E-state index in [1.54, 1.807) is 16.0 Å². The van der Waals surface area contributed by atoms with Crippen molar-refractivity contribution in [1.82, 2.24) is 14.5 Å². The molecule has 1 aliphatic heterocycles. The lowest BCUT2D eigenvalue weighted by molar-refractivity contribution is -0.141. The first-order valence-corrected chi connectivity index (χ1v) is 8.79. The zero-order chi connectivity index (χ0) is 18.2. The lowest BCUT2D eigenvalue weighted by atomic mass is 9.99. The maximum Gasteiger partial charge on any atom is 0.434 e. The van der Waals surface area contributed by atoms with Crippen LogP contribution in [0.2, 0.25) is 0 Å². The van der Waals surface area contributed by atoms with E-state index < -0.39 is 17.8 Å². The molecule has 1 aliphatic rings. The highest BCUT2D eigenvalue weighted by Crippen LogP contribution is 2.31. The third-order valence-electron chi connectivity index (χ3n) is 4.31. The van der Waals surface area contributed by atoms with Crippen LogP contribution in [0.4, 0.5) is 13.2 Å². The first kappa shape index (κ1) is 17.9. The minimum Gasteiger partial charge on any atom is -0.366 e. The predicted octanol–water partition coefficient (Wildman–Crippen LogP) is 2.76. The molecule has 0 aliphatic carbocycles. The molecule has 1 atom stereocenters. The SMILES string of the molecule is CN(Cc1cc(C(N)=O)cs1)C[C@@H]1CCc2nc(C(F)(F)F)cn2C1. The molecule has 0 saturated heterocycles. The average Bonchev–Trinajstić information content (AvgIpc) is 3.12. The summed E-state index contributed by atoms with van der Waals surface area (Å²) in [6.07, 6.45) is -1.91. The van der Waals surface area contributed by atoms with Gasteiger partial charge in [0, 0.05) is 42.5 Å². The van der Waals surface area contributed by atoms with Crippen molar-refractivity contribution >= 4 is 17.2 Å². The zero-order valence-electron chi connectivity index (χ0n) is 13.7. The zero-order valence-corrected chi connectivity index (χ0v) is 14.5. The molecule has 3 rings (SSSR count). The molecule has 0 bridgehead atoms. The van der Waals surface area contributed by atoms with Gasteiger partial charge in [-0.05, 0) is 25.5 Å². The van der Waals surface area contributed by atoms with E-state index in [0.29, 0.717) is 30.9 Å². The summed E-state index contributed by atoms with van der Waals surface area (Å²) in [4.78, 5) is 18.0. The predicted molar refractivity (Wildman–Crippen MR) is 88.2 cm³/mol. The van der Waals surface area contributed by atoms with E-state index in [-0.39, 0.29) is 5.92 Å².